The Hall–Kier alpha value is -3.22. The van der Waals surface area contributed by atoms with Crippen LogP contribution in [0.3, 0.4) is 0 Å². The van der Waals surface area contributed by atoms with Crippen LogP contribution in [-0.2, 0) is 37.1 Å². The van der Waals surface area contributed by atoms with E-state index in [0.29, 0.717) is 16.5 Å². The summed E-state index contributed by atoms with van der Waals surface area (Å²) in [4.78, 5) is 39.1. The fraction of sp³-hybridized carbons (Fsp3) is 0.320. The Morgan fingerprint density at radius 3 is 2.59 bits per heavy atom. The van der Waals surface area contributed by atoms with E-state index in [-0.39, 0.29) is 22.1 Å². The fourth-order valence-corrected chi connectivity index (χ4v) is 7.48. The molecule has 2 N–H and O–H groups in total. The van der Waals surface area contributed by atoms with Crippen molar-refractivity contribution in [2.75, 3.05) is 23.3 Å². The third-order valence-electron chi connectivity index (χ3n) is 5.73. The zero-order valence-corrected chi connectivity index (χ0v) is 22.7. The Morgan fingerprint density at radius 2 is 1.86 bits per heavy atom. The van der Waals surface area contributed by atoms with Gasteiger partial charge in [0.15, 0.2) is 6.61 Å². The van der Waals surface area contributed by atoms with E-state index in [0.717, 1.165) is 41.0 Å². The third kappa shape index (κ3) is 6.20. The summed E-state index contributed by atoms with van der Waals surface area (Å²) < 4.78 is 38.1. The quantitative estimate of drug-likeness (QED) is 0.362. The van der Waals surface area contributed by atoms with Crippen molar-refractivity contribution in [2.45, 2.75) is 37.3 Å². The van der Waals surface area contributed by atoms with Crippen molar-refractivity contribution >= 4 is 61.2 Å². The summed E-state index contributed by atoms with van der Waals surface area (Å²) in [7, 11) is -3.88. The maximum atomic E-state index is 12.7. The van der Waals surface area contributed by atoms with Gasteiger partial charge in [-0.3, -0.25) is 9.52 Å². The highest BCUT2D eigenvalue weighted by Gasteiger charge is 2.29. The minimum absolute atomic E-state index is 0.0333. The van der Waals surface area contributed by atoms with Crippen LogP contribution in [0.4, 0.5) is 10.7 Å². The summed E-state index contributed by atoms with van der Waals surface area (Å²) in [6, 6.07) is 9.03. The number of thiophene rings is 2. The molecule has 0 spiro atoms. The standard InChI is InChI=1S/C25H26N2O7S3/c1-3-33-25(30)22-17-11-10-15(2)13-19(17)36-23(22)26-20(28)14-34-24(29)16-7-4-5-8-18(16)27-37(31,32)21-9-6-12-35-21/h4-9,12,15,27H,3,10-11,13-14H2,1-2H3,(H,26,28)/t15-/m0/s1. The van der Waals surface area contributed by atoms with Crippen LogP contribution in [0.5, 0.6) is 0 Å². The number of esters is 2. The Bertz CT molecular complexity index is 1410. The lowest BCUT2D eigenvalue weighted by atomic mass is 9.88. The third-order valence-corrected chi connectivity index (χ3v) is 9.66. The SMILES string of the molecule is CCOC(=O)c1c(NC(=O)COC(=O)c2ccccc2NS(=O)(=O)c2cccs2)sc2c1CC[C@H](C)C2. The number of hydrogen-bond donors (Lipinski definition) is 2. The number of carbonyl (C=O) groups excluding carboxylic acids is 3. The first-order chi connectivity index (χ1) is 17.7. The van der Waals surface area contributed by atoms with Gasteiger partial charge in [0.2, 0.25) is 0 Å². The lowest BCUT2D eigenvalue weighted by Gasteiger charge is -2.18. The van der Waals surface area contributed by atoms with Crippen LogP contribution >= 0.6 is 22.7 Å². The molecule has 9 nitrogen and oxygen atoms in total. The molecule has 0 fully saturated rings. The first kappa shape index (κ1) is 26.8. The van der Waals surface area contributed by atoms with Crippen LogP contribution < -0.4 is 10.0 Å². The van der Waals surface area contributed by atoms with E-state index < -0.39 is 34.5 Å². The molecule has 1 aromatic carbocycles. The van der Waals surface area contributed by atoms with Crippen molar-refractivity contribution in [3.63, 3.8) is 0 Å². The van der Waals surface area contributed by atoms with Gasteiger partial charge in [-0.15, -0.1) is 22.7 Å². The largest absolute Gasteiger partial charge is 0.462 e. The molecule has 37 heavy (non-hydrogen) atoms. The van der Waals surface area contributed by atoms with Crippen molar-refractivity contribution in [1.82, 2.24) is 0 Å². The van der Waals surface area contributed by atoms with Gasteiger partial charge in [-0.05, 0) is 61.2 Å². The summed E-state index contributed by atoms with van der Waals surface area (Å²) in [5.74, 6) is -1.51. The molecule has 2 aromatic heterocycles. The number of anilines is 2. The normalized spacial score (nSPS) is 14.9. The molecule has 0 saturated carbocycles. The molecule has 1 amide bonds. The van der Waals surface area contributed by atoms with Crippen molar-refractivity contribution in [1.29, 1.82) is 0 Å². The summed E-state index contributed by atoms with van der Waals surface area (Å²) in [5.41, 5.74) is 1.26. The second kappa shape index (κ2) is 11.4. The molecule has 4 rings (SSSR count). The zero-order valence-electron chi connectivity index (χ0n) is 20.2. The van der Waals surface area contributed by atoms with Crippen molar-refractivity contribution < 1.29 is 32.3 Å². The summed E-state index contributed by atoms with van der Waals surface area (Å²) in [6.45, 7) is 3.45. The first-order valence-electron chi connectivity index (χ1n) is 11.6. The van der Waals surface area contributed by atoms with Gasteiger partial charge in [0.1, 0.15) is 9.21 Å². The van der Waals surface area contributed by atoms with E-state index in [1.165, 1.54) is 29.5 Å². The predicted octanol–water partition coefficient (Wildman–Crippen LogP) is 4.71. The number of sulfonamides is 1. The smallest absolute Gasteiger partial charge is 0.341 e. The van der Waals surface area contributed by atoms with Crippen LogP contribution in [0, 0.1) is 5.92 Å². The highest BCUT2D eigenvalue weighted by atomic mass is 32.2. The maximum absolute atomic E-state index is 12.7. The van der Waals surface area contributed by atoms with E-state index >= 15 is 0 Å². The van der Waals surface area contributed by atoms with Gasteiger partial charge in [0, 0.05) is 4.88 Å². The molecule has 1 aliphatic rings. The predicted molar refractivity (Wildman–Crippen MR) is 142 cm³/mol. The van der Waals surface area contributed by atoms with Gasteiger partial charge in [-0.25, -0.2) is 18.0 Å². The molecule has 2 heterocycles. The number of benzene rings is 1. The average Bonchev–Trinajstić information content (AvgIpc) is 3.51. The number of amides is 1. The topological polar surface area (TPSA) is 128 Å². The van der Waals surface area contributed by atoms with Crippen molar-refractivity contribution in [2.24, 2.45) is 5.92 Å². The van der Waals surface area contributed by atoms with E-state index in [2.05, 4.69) is 17.0 Å². The monoisotopic (exact) mass is 562 g/mol. The molecule has 12 heteroatoms. The number of ether oxygens (including phenoxy) is 2. The highest BCUT2D eigenvalue weighted by molar-refractivity contribution is 7.94. The molecule has 0 bridgehead atoms. The lowest BCUT2D eigenvalue weighted by molar-refractivity contribution is -0.119. The first-order valence-corrected chi connectivity index (χ1v) is 14.8. The number of nitrogens with one attached hydrogen (secondary N) is 2. The van der Waals surface area contributed by atoms with Crippen molar-refractivity contribution in [3.05, 3.63) is 63.3 Å². The second-order valence-electron chi connectivity index (χ2n) is 8.48. The molecule has 3 aromatic rings. The number of carbonyl (C=O) groups is 3. The van der Waals surface area contributed by atoms with E-state index in [9.17, 15) is 22.8 Å². The Kier molecular flexibility index (Phi) is 8.30. The van der Waals surface area contributed by atoms with Crippen LogP contribution in [0.1, 0.15) is 51.4 Å². The van der Waals surface area contributed by atoms with Crippen LogP contribution in [0.2, 0.25) is 0 Å². The summed E-state index contributed by atoms with van der Waals surface area (Å²) >= 11 is 2.38. The van der Waals surface area contributed by atoms with Crippen LogP contribution in [-0.4, -0.2) is 39.5 Å². The molecule has 0 saturated heterocycles. The minimum Gasteiger partial charge on any atom is -0.462 e. The molecule has 0 aliphatic heterocycles. The number of fused-ring (bicyclic) bond motifs is 1. The van der Waals surface area contributed by atoms with Gasteiger partial charge in [0.05, 0.1) is 23.4 Å². The average molecular weight is 563 g/mol. The molecule has 1 aliphatic carbocycles. The Balaban J connectivity index is 1.45. The molecular weight excluding hydrogens is 536 g/mol. The Morgan fingerprint density at radius 1 is 1.08 bits per heavy atom. The molecule has 0 radical (unpaired) electrons. The minimum atomic E-state index is -3.88. The van der Waals surface area contributed by atoms with Gasteiger partial charge in [0.25, 0.3) is 15.9 Å². The fourth-order valence-electron chi connectivity index (χ4n) is 3.99. The van der Waals surface area contributed by atoms with Gasteiger partial charge < -0.3 is 14.8 Å². The van der Waals surface area contributed by atoms with E-state index in [1.54, 1.807) is 30.5 Å². The number of rotatable bonds is 9. The zero-order chi connectivity index (χ0) is 26.6. The van der Waals surface area contributed by atoms with Gasteiger partial charge in [-0.1, -0.05) is 25.1 Å². The van der Waals surface area contributed by atoms with Gasteiger partial charge in [-0.2, -0.15) is 0 Å². The van der Waals surface area contributed by atoms with E-state index in [4.69, 9.17) is 9.47 Å². The second-order valence-corrected chi connectivity index (χ2v) is 12.4. The molecule has 0 unspecified atom stereocenters. The van der Waals surface area contributed by atoms with Crippen LogP contribution in [0.15, 0.2) is 46.0 Å². The Labute approximate surface area is 222 Å². The maximum Gasteiger partial charge on any atom is 0.341 e. The number of para-hydroxylation sites is 1. The van der Waals surface area contributed by atoms with Crippen LogP contribution in [0.25, 0.3) is 0 Å². The summed E-state index contributed by atoms with van der Waals surface area (Å²) in [6.07, 6.45) is 2.48. The van der Waals surface area contributed by atoms with E-state index in [1.807, 2.05) is 0 Å². The van der Waals surface area contributed by atoms with Crippen molar-refractivity contribution in [3.8, 4) is 0 Å². The lowest BCUT2D eigenvalue weighted by Crippen LogP contribution is -2.23. The highest BCUT2D eigenvalue weighted by Crippen LogP contribution is 2.40. The molecular formula is C25H26N2O7S3. The molecule has 1 atom stereocenters. The van der Waals surface area contributed by atoms with Gasteiger partial charge >= 0.3 is 11.9 Å². The summed E-state index contributed by atoms with van der Waals surface area (Å²) in [5, 5.41) is 4.70. The molecule has 196 valence electrons. The number of hydrogen-bond acceptors (Lipinski definition) is 9.